The maximum Gasteiger partial charge on any atom is 0.256 e. The van der Waals surface area contributed by atoms with Crippen molar-refractivity contribution in [2.45, 2.75) is 24.7 Å². The zero-order valence-corrected chi connectivity index (χ0v) is 13.5. The van der Waals surface area contributed by atoms with Crippen LogP contribution in [0.4, 0.5) is 5.69 Å². The molecule has 2 rings (SSSR count). The van der Waals surface area contributed by atoms with Gasteiger partial charge in [-0.2, -0.15) is 5.26 Å². The van der Waals surface area contributed by atoms with Crippen LogP contribution >= 0.6 is 11.8 Å². The highest BCUT2D eigenvalue weighted by Crippen LogP contribution is 2.24. The topological polar surface area (TPSA) is 52.9 Å². The lowest BCUT2D eigenvalue weighted by molar-refractivity contribution is 0.102. The van der Waals surface area contributed by atoms with Crippen LogP contribution in [0.5, 0.6) is 0 Å². The number of carbonyl (C=O) groups excluding carboxylic acids is 1. The predicted octanol–water partition coefficient (Wildman–Crippen LogP) is 4.68. The van der Waals surface area contributed by atoms with Gasteiger partial charge in [-0.25, -0.2) is 0 Å². The Labute approximate surface area is 135 Å². The van der Waals surface area contributed by atoms with E-state index in [0.717, 1.165) is 10.6 Å². The number of anilines is 1. The second-order valence-electron chi connectivity index (χ2n) is 5.18. The van der Waals surface area contributed by atoms with Gasteiger partial charge in [-0.3, -0.25) is 4.79 Å². The molecule has 0 heterocycles. The summed E-state index contributed by atoms with van der Waals surface area (Å²) in [5, 5.41) is 11.6. The van der Waals surface area contributed by atoms with Crippen LogP contribution in [0.2, 0.25) is 0 Å². The molecule has 3 nitrogen and oxygen atoms in total. The van der Waals surface area contributed by atoms with E-state index in [9.17, 15) is 4.79 Å². The van der Waals surface area contributed by atoms with Gasteiger partial charge in [0.15, 0.2) is 0 Å². The van der Waals surface area contributed by atoms with E-state index < -0.39 is 0 Å². The highest BCUT2D eigenvalue weighted by atomic mass is 32.2. The first-order valence-corrected chi connectivity index (χ1v) is 8.10. The molecule has 22 heavy (non-hydrogen) atoms. The van der Waals surface area contributed by atoms with E-state index in [1.54, 1.807) is 6.07 Å². The molecule has 0 fully saturated rings. The number of thioether (sulfide) groups is 1. The summed E-state index contributed by atoms with van der Waals surface area (Å²) in [4.78, 5) is 13.3. The van der Waals surface area contributed by atoms with Crippen LogP contribution in [-0.4, -0.2) is 11.7 Å². The summed E-state index contributed by atoms with van der Waals surface area (Å²) < 4.78 is 0. The monoisotopic (exact) mass is 310 g/mol. The molecule has 0 bridgehead atoms. The molecule has 2 aromatic carbocycles. The van der Waals surface area contributed by atoms with E-state index in [0.29, 0.717) is 17.2 Å². The lowest BCUT2D eigenvalue weighted by Gasteiger charge is -2.11. The number of nitrogens with zero attached hydrogens (tertiary/aromatic N) is 1. The number of nitrogens with one attached hydrogen (secondary N) is 1. The maximum absolute atomic E-state index is 12.5. The zero-order valence-electron chi connectivity index (χ0n) is 12.7. The molecule has 0 aliphatic heterocycles. The molecule has 0 spiro atoms. The van der Waals surface area contributed by atoms with Crippen molar-refractivity contribution in [1.82, 2.24) is 0 Å². The van der Waals surface area contributed by atoms with Crippen LogP contribution in [-0.2, 0) is 0 Å². The third-order valence-corrected chi connectivity index (χ3v) is 4.18. The van der Waals surface area contributed by atoms with Crippen molar-refractivity contribution in [3.8, 4) is 6.07 Å². The number of hydrogen-bond acceptors (Lipinski definition) is 3. The number of hydrogen-bond donors (Lipinski definition) is 1. The molecule has 0 saturated carbocycles. The molecule has 0 atom stereocenters. The Morgan fingerprint density at radius 3 is 2.73 bits per heavy atom. The minimum absolute atomic E-state index is 0.151. The van der Waals surface area contributed by atoms with Crippen molar-refractivity contribution in [2.24, 2.45) is 0 Å². The first-order valence-electron chi connectivity index (χ1n) is 7.12. The van der Waals surface area contributed by atoms with Crippen LogP contribution in [0, 0.1) is 11.3 Å². The smallest absolute Gasteiger partial charge is 0.256 e. The van der Waals surface area contributed by atoms with Crippen molar-refractivity contribution in [3.05, 3.63) is 59.7 Å². The number of benzene rings is 2. The Morgan fingerprint density at radius 1 is 1.23 bits per heavy atom. The van der Waals surface area contributed by atoms with Gasteiger partial charge in [0, 0.05) is 10.6 Å². The Morgan fingerprint density at radius 2 is 2.00 bits per heavy atom. The highest BCUT2D eigenvalue weighted by molar-refractivity contribution is 7.99. The Balaban J connectivity index is 2.19. The van der Waals surface area contributed by atoms with Gasteiger partial charge >= 0.3 is 0 Å². The van der Waals surface area contributed by atoms with Crippen LogP contribution < -0.4 is 5.32 Å². The molecular weight excluding hydrogens is 292 g/mol. The predicted molar refractivity (Wildman–Crippen MR) is 91.3 cm³/mol. The number of nitriles is 1. The van der Waals surface area contributed by atoms with Gasteiger partial charge in [-0.15, -0.1) is 11.8 Å². The molecule has 0 aliphatic carbocycles. The van der Waals surface area contributed by atoms with Crippen molar-refractivity contribution < 1.29 is 4.79 Å². The normalized spacial score (nSPS) is 10.3. The number of rotatable bonds is 5. The average molecular weight is 310 g/mol. The Kier molecular flexibility index (Phi) is 5.62. The summed E-state index contributed by atoms with van der Waals surface area (Å²) in [5.41, 5.74) is 2.57. The minimum atomic E-state index is -0.151. The molecule has 2 aromatic rings. The van der Waals surface area contributed by atoms with Gasteiger partial charge in [0.25, 0.3) is 5.91 Å². The zero-order chi connectivity index (χ0) is 15.9. The summed E-state index contributed by atoms with van der Waals surface area (Å²) in [6.07, 6.45) is 0. The van der Waals surface area contributed by atoms with Crippen LogP contribution in [0.25, 0.3) is 0 Å². The van der Waals surface area contributed by atoms with Gasteiger partial charge in [0.2, 0.25) is 0 Å². The highest BCUT2D eigenvalue weighted by Gasteiger charge is 2.12. The number of carbonyl (C=O) groups is 1. The largest absolute Gasteiger partial charge is 0.322 e. The molecule has 4 heteroatoms. The Hall–Kier alpha value is -2.25. The van der Waals surface area contributed by atoms with Gasteiger partial charge in [-0.05, 0) is 35.7 Å². The van der Waals surface area contributed by atoms with E-state index in [1.807, 2.05) is 36.4 Å². The second-order valence-corrected chi connectivity index (χ2v) is 6.19. The molecule has 0 aromatic heterocycles. The van der Waals surface area contributed by atoms with Crippen LogP contribution in [0.15, 0.2) is 53.4 Å². The third kappa shape index (κ3) is 4.12. The molecular formula is C18H18N2OS. The van der Waals surface area contributed by atoms with Gasteiger partial charge in [-0.1, -0.05) is 38.1 Å². The maximum atomic E-state index is 12.5. The molecule has 1 amide bonds. The molecule has 112 valence electrons. The fourth-order valence-corrected chi connectivity index (χ4v) is 2.78. The summed E-state index contributed by atoms with van der Waals surface area (Å²) in [6, 6.07) is 17.3. The van der Waals surface area contributed by atoms with Crippen molar-refractivity contribution in [1.29, 1.82) is 5.26 Å². The summed E-state index contributed by atoms with van der Waals surface area (Å²) in [5.74, 6) is 0.588. The first-order chi connectivity index (χ1) is 10.6. The minimum Gasteiger partial charge on any atom is -0.322 e. The lowest BCUT2D eigenvalue weighted by Crippen LogP contribution is -2.13. The standard InChI is InChI=1S/C18H18N2OS/c1-13(2)14-6-5-7-15(12-14)20-18(21)16-8-3-4-9-17(16)22-11-10-19/h3-9,12-13H,11H2,1-2H3,(H,20,21). The van der Waals surface area contributed by atoms with E-state index in [1.165, 1.54) is 17.3 Å². The quantitative estimate of drug-likeness (QED) is 0.816. The van der Waals surface area contributed by atoms with Crippen LogP contribution in [0.3, 0.4) is 0 Å². The Bertz CT molecular complexity index is 704. The first kappa shape index (κ1) is 16.1. The molecule has 1 N–H and O–H groups in total. The fraction of sp³-hybridized carbons (Fsp3) is 0.222. The van der Waals surface area contributed by atoms with E-state index in [4.69, 9.17) is 5.26 Å². The van der Waals surface area contributed by atoms with E-state index in [-0.39, 0.29) is 5.91 Å². The van der Waals surface area contributed by atoms with E-state index >= 15 is 0 Å². The molecule has 0 radical (unpaired) electrons. The fourth-order valence-electron chi connectivity index (χ4n) is 2.06. The van der Waals surface area contributed by atoms with Crippen molar-refractivity contribution in [2.75, 3.05) is 11.1 Å². The van der Waals surface area contributed by atoms with Gasteiger partial charge < -0.3 is 5.32 Å². The summed E-state index contributed by atoms with van der Waals surface area (Å²) in [6.45, 7) is 4.24. The summed E-state index contributed by atoms with van der Waals surface area (Å²) >= 11 is 1.37. The van der Waals surface area contributed by atoms with Crippen LogP contribution in [0.1, 0.15) is 35.7 Å². The van der Waals surface area contributed by atoms with Crippen molar-refractivity contribution in [3.63, 3.8) is 0 Å². The third-order valence-electron chi connectivity index (χ3n) is 3.24. The van der Waals surface area contributed by atoms with Gasteiger partial charge in [0.05, 0.1) is 17.4 Å². The molecule has 0 aliphatic rings. The van der Waals surface area contributed by atoms with Crippen molar-refractivity contribution >= 4 is 23.4 Å². The lowest BCUT2D eigenvalue weighted by atomic mass is 10.0. The van der Waals surface area contributed by atoms with Gasteiger partial charge in [0.1, 0.15) is 0 Å². The average Bonchev–Trinajstić information content (AvgIpc) is 2.53. The second kappa shape index (κ2) is 7.67. The molecule has 0 saturated heterocycles. The SMILES string of the molecule is CC(C)c1cccc(NC(=O)c2ccccc2SCC#N)c1. The molecule has 0 unspecified atom stereocenters. The summed E-state index contributed by atoms with van der Waals surface area (Å²) in [7, 11) is 0. The number of amides is 1. The van der Waals surface area contributed by atoms with E-state index in [2.05, 4.69) is 31.3 Å².